The van der Waals surface area contributed by atoms with Crippen LogP contribution in [-0.4, -0.2) is 23.4 Å². The number of carbonyl (C=O) groups excluding carboxylic acids is 1. The molecule has 0 aliphatic carbocycles. The summed E-state index contributed by atoms with van der Waals surface area (Å²) < 4.78 is 18.3. The lowest BCUT2D eigenvalue weighted by molar-refractivity contribution is 0.111. The van der Waals surface area contributed by atoms with Gasteiger partial charge in [-0.15, -0.1) is 0 Å². The van der Waals surface area contributed by atoms with Crippen molar-refractivity contribution in [1.82, 2.24) is 9.97 Å². The molecule has 0 radical (unpaired) electrons. The summed E-state index contributed by atoms with van der Waals surface area (Å²) in [5.74, 6) is 0.172. The van der Waals surface area contributed by atoms with Crippen LogP contribution in [0.15, 0.2) is 18.2 Å². The van der Waals surface area contributed by atoms with Crippen LogP contribution in [0.3, 0.4) is 0 Å². The van der Waals surface area contributed by atoms with Crippen LogP contribution in [0.5, 0.6) is 5.75 Å². The molecule has 5 heteroatoms. The normalized spacial score (nSPS) is 10.3. The van der Waals surface area contributed by atoms with Crippen molar-refractivity contribution < 1.29 is 13.9 Å². The second-order valence-corrected chi connectivity index (χ2v) is 3.56. The largest absolute Gasteiger partial charge is 0.494 e. The molecular weight excluding hydrogens is 223 g/mol. The second-order valence-electron chi connectivity index (χ2n) is 3.56. The number of hydrogen-bond donors (Lipinski definition) is 1. The number of ether oxygens (including phenoxy) is 1. The number of aromatic nitrogens is 2. The van der Waals surface area contributed by atoms with Crippen molar-refractivity contribution in [2.45, 2.75) is 6.92 Å². The number of methoxy groups -OCH3 is 1. The van der Waals surface area contributed by atoms with Crippen LogP contribution in [0.25, 0.3) is 11.4 Å². The molecule has 1 aromatic carbocycles. The van der Waals surface area contributed by atoms with E-state index in [1.807, 2.05) is 0 Å². The topological polar surface area (TPSA) is 55.0 Å². The highest BCUT2D eigenvalue weighted by molar-refractivity contribution is 5.75. The van der Waals surface area contributed by atoms with Crippen molar-refractivity contribution >= 4 is 6.29 Å². The fourth-order valence-electron chi connectivity index (χ4n) is 1.54. The summed E-state index contributed by atoms with van der Waals surface area (Å²) in [5, 5.41) is 0. The fourth-order valence-corrected chi connectivity index (χ4v) is 1.54. The molecule has 0 saturated carbocycles. The van der Waals surface area contributed by atoms with Crippen LogP contribution in [0.2, 0.25) is 0 Å². The highest BCUT2D eigenvalue weighted by atomic mass is 19.1. The zero-order valence-electron chi connectivity index (χ0n) is 9.45. The Morgan fingerprint density at radius 2 is 2.24 bits per heavy atom. The molecule has 0 bridgehead atoms. The van der Waals surface area contributed by atoms with Crippen LogP contribution in [0.1, 0.15) is 16.2 Å². The first-order valence-corrected chi connectivity index (χ1v) is 5.01. The average molecular weight is 234 g/mol. The molecular formula is C12H11FN2O2. The Morgan fingerprint density at radius 1 is 1.47 bits per heavy atom. The minimum absolute atomic E-state index is 0.174. The minimum Gasteiger partial charge on any atom is -0.494 e. The monoisotopic (exact) mass is 234 g/mol. The number of carbonyl (C=O) groups is 1. The van der Waals surface area contributed by atoms with Gasteiger partial charge < -0.3 is 9.72 Å². The number of halogens is 1. The summed E-state index contributed by atoms with van der Waals surface area (Å²) in [6.07, 6.45) is 0.662. The van der Waals surface area contributed by atoms with Crippen LogP contribution < -0.4 is 4.74 Å². The molecule has 0 atom stereocenters. The van der Waals surface area contributed by atoms with E-state index in [0.717, 1.165) is 0 Å². The third-order valence-electron chi connectivity index (χ3n) is 2.46. The molecule has 0 spiro atoms. The van der Waals surface area contributed by atoms with Gasteiger partial charge >= 0.3 is 0 Å². The van der Waals surface area contributed by atoms with E-state index in [4.69, 9.17) is 4.74 Å². The number of hydrogen-bond acceptors (Lipinski definition) is 3. The number of imidazole rings is 1. The van der Waals surface area contributed by atoms with Gasteiger partial charge in [-0.25, -0.2) is 9.37 Å². The first kappa shape index (κ1) is 11.3. The van der Waals surface area contributed by atoms with E-state index in [9.17, 15) is 9.18 Å². The number of H-pyrrole nitrogens is 1. The van der Waals surface area contributed by atoms with Crippen LogP contribution in [0.4, 0.5) is 4.39 Å². The van der Waals surface area contributed by atoms with Crippen molar-refractivity contribution in [3.8, 4) is 17.1 Å². The predicted molar refractivity (Wildman–Crippen MR) is 60.7 cm³/mol. The molecule has 0 unspecified atom stereocenters. The van der Waals surface area contributed by atoms with Crippen molar-refractivity contribution in [3.63, 3.8) is 0 Å². The van der Waals surface area contributed by atoms with Crippen LogP contribution in [-0.2, 0) is 0 Å². The number of rotatable bonds is 3. The number of aryl methyl sites for hydroxylation is 1. The zero-order valence-corrected chi connectivity index (χ0v) is 9.45. The number of nitrogens with one attached hydrogen (secondary N) is 1. The van der Waals surface area contributed by atoms with E-state index in [-0.39, 0.29) is 5.75 Å². The Balaban J connectivity index is 2.45. The van der Waals surface area contributed by atoms with Gasteiger partial charge in [0.15, 0.2) is 17.9 Å². The zero-order chi connectivity index (χ0) is 12.4. The number of aromatic amines is 1. The maximum atomic E-state index is 13.5. The molecule has 1 heterocycles. The van der Waals surface area contributed by atoms with Crippen molar-refractivity contribution in [1.29, 1.82) is 0 Å². The van der Waals surface area contributed by atoms with E-state index in [1.165, 1.54) is 19.2 Å². The van der Waals surface area contributed by atoms with Crippen molar-refractivity contribution in [2.24, 2.45) is 0 Å². The molecule has 1 aromatic heterocycles. The SMILES string of the molecule is COc1ccc(-c2nc(C=O)c(C)[nH]2)cc1F. The van der Waals surface area contributed by atoms with Gasteiger partial charge in [-0.05, 0) is 25.1 Å². The van der Waals surface area contributed by atoms with Gasteiger partial charge in [0, 0.05) is 11.3 Å². The lowest BCUT2D eigenvalue weighted by Crippen LogP contribution is -1.89. The molecule has 2 rings (SSSR count). The molecule has 0 fully saturated rings. The highest BCUT2D eigenvalue weighted by Gasteiger charge is 2.10. The van der Waals surface area contributed by atoms with Gasteiger partial charge in [-0.3, -0.25) is 4.79 Å². The molecule has 88 valence electrons. The number of aldehydes is 1. The molecule has 17 heavy (non-hydrogen) atoms. The summed E-state index contributed by atoms with van der Waals surface area (Å²) in [7, 11) is 1.40. The molecule has 1 N–H and O–H groups in total. The Labute approximate surface area is 97.5 Å². The van der Waals surface area contributed by atoms with Gasteiger partial charge in [0.2, 0.25) is 0 Å². The molecule has 2 aromatic rings. The Bertz CT molecular complexity index is 564. The number of benzene rings is 1. The van der Waals surface area contributed by atoms with E-state index < -0.39 is 5.82 Å². The maximum Gasteiger partial charge on any atom is 0.170 e. The minimum atomic E-state index is -0.466. The van der Waals surface area contributed by atoms with Crippen LogP contribution >= 0.6 is 0 Å². The molecule has 0 amide bonds. The Kier molecular flexibility index (Phi) is 2.91. The quantitative estimate of drug-likeness (QED) is 0.829. The van der Waals surface area contributed by atoms with E-state index >= 15 is 0 Å². The second kappa shape index (κ2) is 4.37. The van der Waals surface area contributed by atoms with Gasteiger partial charge in [0.1, 0.15) is 11.5 Å². The third-order valence-corrected chi connectivity index (χ3v) is 2.46. The van der Waals surface area contributed by atoms with Crippen LogP contribution in [0, 0.1) is 12.7 Å². The molecule has 4 nitrogen and oxygen atoms in total. The molecule has 0 saturated heterocycles. The van der Waals surface area contributed by atoms with E-state index in [1.54, 1.807) is 13.0 Å². The third kappa shape index (κ3) is 2.04. The Hall–Kier alpha value is -2.17. The van der Waals surface area contributed by atoms with Crippen molar-refractivity contribution in [3.05, 3.63) is 35.4 Å². The summed E-state index contributed by atoms with van der Waals surface area (Å²) in [5.41, 5.74) is 1.56. The lowest BCUT2D eigenvalue weighted by atomic mass is 10.2. The highest BCUT2D eigenvalue weighted by Crippen LogP contribution is 2.24. The summed E-state index contributed by atoms with van der Waals surface area (Å²) in [4.78, 5) is 17.7. The number of nitrogens with zero attached hydrogens (tertiary/aromatic N) is 1. The smallest absolute Gasteiger partial charge is 0.170 e. The van der Waals surface area contributed by atoms with Crippen molar-refractivity contribution in [2.75, 3.05) is 7.11 Å². The van der Waals surface area contributed by atoms with Gasteiger partial charge in [-0.1, -0.05) is 0 Å². The maximum absolute atomic E-state index is 13.5. The Morgan fingerprint density at radius 3 is 2.76 bits per heavy atom. The van der Waals surface area contributed by atoms with E-state index in [0.29, 0.717) is 29.1 Å². The summed E-state index contributed by atoms with van der Waals surface area (Å²) >= 11 is 0. The fraction of sp³-hybridized carbons (Fsp3) is 0.167. The standard InChI is InChI=1S/C12H11FN2O2/c1-7-10(6-16)15-12(14-7)8-3-4-11(17-2)9(13)5-8/h3-6H,1-2H3,(H,14,15). The lowest BCUT2D eigenvalue weighted by Gasteiger charge is -2.02. The average Bonchev–Trinajstić information content (AvgIpc) is 2.70. The van der Waals surface area contributed by atoms with E-state index in [2.05, 4.69) is 9.97 Å². The predicted octanol–water partition coefficient (Wildman–Crippen LogP) is 2.35. The first-order valence-electron chi connectivity index (χ1n) is 5.01. The first-order chi connectivity index (χ1) is 8.15. The summed E-state index contributed by atoms with van der Waals surface area (Å²) in [6, 6.07) is 4.50. The summed E-state index contributed by atoms with van der Waals surface area (Å²) in [6.45, 7) is 1.74. The molecule has 0 aliphatic rings. The van der Waals surface area contributed by atoms with Gasteiger partial charge in [-0.2, -0.15) is 0 Å². The van der Waals surface area contributed by atoms with Gasteiger partial charge in [0.25, 0.3) is 0 Å². The van der Waals surface area contributed by atoms with Gasteiger partial charge in [0.05, 0.1) is 7.11 Å². The molecule has 0 aliphatic heterocycles.